The first-order valence-corrected chi connectivity index (χ1v) is 5.23. The van der Waals surface area contributed by atoms with Crippen LogP contribution in [0.1, 0.15) is 0 Å². The van der Waals surface area contributed by atoms with Crippen LogP contribution in [0.15, 0.2) is 6.07 Å². The van der Waals surface area contributed by atoms with E-state index in [2.05, 4.69) is 10.1 Å². The van der Waals surface area contributed by atoms with E-state index >= 15 is 0 Å². The lowest BCUT2D eigenvalue weighted by Crippen LogP contribution is -2.22. The van der Waals surface area contributed by atoms with Crippen LogP contribution in [0.4, 0.5) is 10.5 Å². The summed E-state index contributed by atoms with van der Waals surface area (Å²) in [5.41, 5.74) is -0.659. The van der Waals surface area contributed by atoms with Gasteiger partial charge in [0, 0.05) is 7.05 Å². The van der Waals surface area contributed by atoms with Crippen LogP contribution in [0.25, 0.3) is 0 Å². The van der Waals surface area contributed by atoms with Crippen molar-refractivity contribution in [2.45, 2.75) is 0 Å². The van der Waals surface area contributed by atoms with Crippen LogP contribution in [0.5, 0.6) is 5.75 Å². The number of halogens is 3. The van der Waals surface area contributed by atoms with E-state index in [4.69, 9.17) is 34.8 Å². The maximum absolute atomic E-state index is 11.0. The highest BCUT2D eigenvalue weighted by Crippen LogP contribution is 2.44. The fourth-order valence-electron chi connectivity index (χ4n) is 0.970. The quantitative estimate of drug-likeness (QED) is 0.516. The maximum atomic E-state index is 11.0. The number of rotatable bonds is 2. The number of nitro groups is 1. The normalized spacial score (nSPS) is 9.88. The van der Waals surface area contributed by atoms with E-state index in [1.165, 1.54) is 7.05 Å². The Morgan fingerprint density at radius 2 is 2.00 bits per heavy atom. The third-order valence-electron chi connectivity index (χ3n) is 1.68. The highest BCUT2D eigenvalue weighted by molar-refractivity contribution is 6.45. The Bertz CT molecular complexity index is 492. The van der Waals surface area contributed by atoms with Crippen molar-refractivity contribution in [2.75, 3.05) is 7.05 Å². The van der Waals surface area contributed by atoms with E-state index in [1.54, 1.807) is 0 Å². The third-order valence-corrected chi connectivity index (χ3v) is 2.74. The molecule has 6 nitrogen and oxygen atoms in total. The summed E-state index contributed by atoms with van der Waals surface area (Å²) in [5, 5.41) is 12.3. The van der Waals surface area contributed by atoms with Gasteiger partial charge in [0.15, 0.2) is 0 Å². The smallest absolute Gasteiger partial charge is 0.401 e. The molecule has 0 atom stereocenters. The number of nitrogens with zero attached hydrogens (tertiary/aromatic N) is 1. The third kappa shape index (κ3) is 2.91. The van der Waals surface area contributed by atoms with Gasteiger partial charge in [0.2, 0.25) is 5.75 Å². The molecule has 0 saturated carbocycles. The first-order valence-electron chi connectivity index (χ1n) is 4.10. The molecule has 17 heavy (non-hydrogen) atoms. The Hall–Kier alpha value is -1.24. The Kier molecular flexibility index (Phi) is 4.39. The molecular weight excluding hydrogens is 294 g/mol. The second-order valence-electron chi connectivity index (χ2n) is 2.73. The van der Waals surface area contributed by atoms with Crippen LogP contribution in [0, 0.1) is 10.1 Å². The molecule has 0 aliphatic heterocycles. The van der Waals surface area contributed by atoms with E-state index in [9.17, 15) is 14.9 Å². The molecule has 0 saturated heterocycles. The van der Waals surface area contributed by atoms with Gasteiger partial charge in [-0.15, -0.1) is 0 Å². The van der Waals surface area contributed by atoms with Crippen molar-refractivity contribution < 1.29 is 14.5 Å². The van der Waals surface area contributed by atoms with Crippen molar-refractivity contribution >= 4 is 46.6 Å². The minimum atomic E-state index is -0.909. The molecule has 0 radical (unpaired) electrons. The monoisotopic (exact) mass is 298 g/mol. The maximum Gasteiger partial charge on any atom is 0.412 e. The first kappa shape index (κ1) is 13.8. The summed E-state index contributed by atoms with van der Waals surface area (Å²) >= 11 is 17.0. The molecule has 0 bridgehead atoms. The number of hydrogen-bond donors (Lipinski definition) is 1. The predicted molar refractivity (Wildman–Crippen MR) is 63.2 cm³/mol. The van der Waals surface area contributed by atoms with E-state index in [0.717, 1.165) is 6.07 Å². The number of ether oxygens (including phenoxy) is 1. The van der Waals surface area contributed by atoms with Crippen molar-refractivity contribution in [3.8, 4) is 5.75 Å². The molecule has 9 heteroatoms. The van der Waals surface area contributed by atoms with Gasteiger partial charge in [-0.25, -0.2) is 4.79 Å². The molecule has 0 spiro atoms. The SMILES string of the molecule is CNC(=O)Oc1c(Cl)cc(Cl)c(Cl)c1[N+](=O)[O-]. The lowest BCUT2D eigenvalue weighted by atomic mass is 10.3. The van der Waals surface area contributed by atoms with Gasteiger partial charge in [0.25, 0.3) is 0 Å². The molecule has 0 aliphatic rings. The van der Waals surface area contributed by atoms with Gasteiger partial charge in [0.1, 0.15) is 5.02 Å². The molecule has 1 aromatic rings. The van der Waals surface area contributed by atoms with E-state index < -0.39 is 22.5 Å². The van der Waals surface area contributed by atoms with Crippen LogP contribution < -0.4 is 10.1 Å². The van der Waals surface area contributed by atoms with Crippen molar-refractivity contribution in [2.24, 2.45) is 0 Å². The zero-order chi connectivity index (χ0) is 13.2. The van der Waals surface area contributed by atoms with Gasteiger partial charge < -0.3 is 10.1 Å². The number of carbonyl (C=O) groups excluding carboxylic acids is 1. The molecule has 1 rings (SSSR count). The van der Waals surface area contributed by atoms with Gasteiger partial charge in [0.05, 0.1) is 15.0 Å². The van der Waals surface area contributed by atoms with Crippen molar-refractivity contribution in [3.63, 3.8) is 0 Å². The lowest BCUT2D eigenvalue weighted by molar-refractivity contribution is -0.385. The lowest BCUT2D eigenvalue weighted by Gasteiger charge is -2.08. The summed E-state index contributed by atoms with van der Waals surface area (Å²) in [6.45, 7) is 0. The minimum Gasteiger partial charge on any atom is -0.401 e. The number of nitro benzene ring substituents is 1. The molecular formula is C8H5Cl3N2O4. The molecule has 0 aliphatic carbocycles. The second-order valence-corrected chi connectivity index (χ2v) is 3.92. The number of benzene rings is 1. The summed E-state index contributed by atoms with van der Waals surface area (Å²) in [6.07, 6.45) is -0.909. The molecule has 92 valence electrons. The first-order chi connectivity index (χ1) is 7.88. The summed E-state index contributed by atoms with van der Waals surface area (Å²) in [4.78, 5) is 21.0. The van der Waals surface area contributed by atoms with Gasteiger partial charge in [-0.2, -0.15) is 0 Å². The van der Waals surface area contributed by atoms with Gasteiger partial charge in [-0.05, 0) is 6.07 Å². The molecule has 1 aromatic carbocycles. The summed E-state index contributed by atoms with van der Waals surface area (Å²) < 4.78 is 4.66. The standard InChI is InChI=1S/C8H5Cl3N2O4/c1-12-8(14)17-7-4(10)2-3(9)5(11)6(7)13(15)16/h2H,1H3,(H,12,14). The fourth-order valence-corrected chi connectivity index (χ4v) is 1.67. The van der Waals surface area contributed by atoms with Crippen molar-refractivity contribution in [3.05, 3.63) is 31.2 Å². The van der Waals surface area contributed by atoms with Crippen LogP contribution in [0.3, 0.4) is 0 Å². The van der Waals surface area contributed by atoms with Gasteiger partial charge in [-0.3, -0.25) is 10.1 Å². The number of hydrogen-bond acceptors (Lipinski definition) is 4. The molecule has 1 N–H and O–H groups in total. The molecule has 0 unspecified atom stereocenters. The van der Waals surface area contributed by atoms with Crippen LogP contribution in [0.2, 0.25) is 15.1 Å². The largest absolute Gasteiger partial charge is 0.412 e. The zero-order valence-corrected chi connectivity index (χ0v) is 10.6. The predicted octanol–water partition coefficient (Wildman–Crippen LogP) is 3.27. The minimum absolute atomic E-state index is 0.104. The highest BCUT2D eigenvalue weighted by atomic mass is 35.5. The fraction of sp³-hybridized carbons (Fsp3) is 0.125. The zero-order valence-electron chi connectivity index (χ0n) is 8.29. The Morgan fingerprint density at radius 3 is 2.47 bits per heavy atom. The topological polar surface area (TPSA) is 81.5 Å². The van der Waals surface area contributed by atoms with Crippen LogP contribution in [-0.4, -0.2) is 18.1 Å². The van der Waals surface area contributed by atoms with Crippen LogP contribution in [-0.2, 0) is 0 Å². The molecule has 0 heterocycles. The molecule has 0 fully saturated rings. The number of carbonyl (C=O) groups is 1. The Balaban J connectivity index is 3.41. The van der Waals surface area contributed by atoms with Crippen molar-refractivity contribution in [1.82, 2.24) is 5.32 Å². The summed E-state index contributed by atoms with van der Waals surface area (Å²) in [6, 6.07) is 1.15. The van der Waals surface area contributed by atoms with Crippen LogP contribution >= 0.6 is 34.8 Å². The number of amides is 1. The average molecular weight is 299 g/mol. The van der Waals surface area contributed by atoms with Crippen molar-refractivity contribution in [1.29, 1.82) is 0 Å². The van der Waals surface area contributed by atoms with E-state index in [-0.39, 0.29) is 15.1 Å². The summed E-state index contributed by atoms with van der Waals surface area (Å²) in [5.74, 6) is -0.453. The summed E-state index contributed by atoms with van der Waals surface area (Å²) in [7, 11) is 1.29. The van der Waals surface area contributed by atoms with Gasteiger partial charge >= 0.3 is 11.8 Å². The Labute approximate surface area is 111 Å². The van der Waals surface area contributed by atoms with Gasteiger partial charge in [-0.1, -0.05) is 34.8 Å². The van der Waals surface area contributed by atoms with E-state index in [0.29, 0.717) is 0 Å². The second kappa shape index (κ2) is 5.39. The molecule has 1 amide bonds. The molecule has 0 aromatic heterocycles. The average Bonchev–Trinajstić information content (AvgIpc) is 2.25. The highest BCUT2D eigenvalue weighted by Gasteiger charge is 2.28. The van der Waals surface area contributed by atoms with E-state index in [1.807, 2.05) is 0 Å². The Morgan fingerprint density at radius 1 is 1.41 bits per heavy atom. The number of nitrogens with one attached hydrogen (secondary N) is 1.